The van der Waals surface area contributed by atoms with Crippen molar-refractivity contribution in [2.75, 3.05) is 0 Å². The van der Waals surface area contributed by atoms with Crippen molar-refractivity contribution in [1.29, 1.82) is 0 Å². The van der Waals surface area contributed by atoms with E-state index in [1.54, 1.807) is 8.79 Å². The van der Waals surface area contributed by atoms with Crippen LogP contribution in [0.5, 0.6) is 0 Å². The van der Waals surface area contributed by atoms with E-state index >= 15 is 0 Å². The van der Waals surface area contributed by atoms with Gasteiger partial charge in [-0.3, -0.25) is 0 Å². The van der Waals surface area contributed by atoms with Gasteiger partial charge >= 0.3 is 84.9 Å². The zero-order valence-electron chi connectivity index (χ0n) is 8.30. The zero-order chi connectivity index (χ0) is 8.93. The number of rotatable bonds is 2. The normalized spacial score (nSPS) is 8.53. The molecule has 80 valence electrons. The molecule has 15 heavy (non-hydrogen) atoms. The average molecular weight is 302 g/mol. The molecule has 2 rings (SSSR count). The molecule has 0 spiro atoms. The second-order valence-corrected chi connectivity index (χ2v) is 7.32. The van der Waals surface area contributed by atoms with E-state index in [0.717, 1.165) is 0 Å². The van der Waals surface area contributed by atoms with Crippen LogP contribution in [0.3, 0.4) is 0 Å². The molecule has 0 aliphatic rings. The maximum atomic E-state index is 2.24. The van der Waals surface area contributed by atoms with Crippen molar-refractivity contribution in [1.82, 2.24) is 0 Å². The Morgan fingerprint density at radius 2 is 0.867 bits per heavy atom. The van der Waals surface area contributed by atoms with Crippen molar-refractivity contribution >= 4 is 49.0 Å². The summed E-state index contributed by atoms with van der Waals surface area (Å²) in [6, 6.07) is 21.6. The van der Waals surface area contributed by atoms with E-state index in [0.29, 0.717) is 0 Å². The molecular weight excluding hydrogens is 288 g/mol. The van der Waals surface area contributed by atoms with Crippen LogP contribution >= 0.6 is 24.8 Å². The molecule has 0 aliphatic carbocycles. The standard InChI is InChI=1S/C12H12Ge.2ClH/c1-3-7-11(8-4-1)13-12-9-5-2-6-10-12;;/h1-10H,13H2;2*1H. The van der Waals surface area contributed by atoms with E-state index in [9.17, 15) is 0 Å². The van der Waals surface area contributed by atoms with Gasteiger partial charge in [-0.1, -0.05) is 0 Å². The fourth-order valence-corrected chi connectivity index (χ4v) is 4.55. The molecule has 0 atom stereocenters. The van der Waals surface area contributed by atoms with Crippen LogP contribution in [0.2, 0.25) is 0 Å². The number of benzene rings is 2. The number of hydrogen-bond donors (Lipinski definition) is 0. The van der Waals surface area contributed by atoms with Gasteiger partial charge in [-0.15, -0.1) is 24.8 Å². The Morgan fingerprint density at radius 1 is 0.533 bits per heavy atom. The third-order valence-corrected chi connectivity index (χ3v) is 5.79. The van der Waals surface area contributed by atoms with Gasteiger partial charge in [-0.2, -0.15) is 0 Å². The molecule has 0 amide bonds. The molecule has 2 aromatic rings. The van der Waals surface area contributed by atoms with Gasteiger partial charge in [-0.25, -0.2) is 0 Å². The van der Waals surface area contributed by atoms with Gasteiger partial charge in [0.1, 0.15) is 0 Å². The molecule has 0 aromatic heterocycles. The molecular formula is C12H14Cl2Ge. The zero-order valence-corrected chi connectivity index (χ0v) is 12.9. The maximum absolute atomic E-state index is 2.24. The minimum atomic E-state index is -0.676. The van der Waals surface area contributed by atoms with E-state index in [2.05, 4.69) is 60.7 Å². The molecule has 3 heteroatoms. The van der Waals surface area contributed by atoms with Crippen molar-refractivity contribution in [2.45, 2.75) is 0 Å². The summed E-state index contributed by atoms with van der Waals surface area (Å²) in [7, 11) is 0. The van der Waals surface area contributed by atoms with Crippen LogP contribution in [-0.4, -0.2) is 15.4 Å². The van der Waals surface area contributed by atoms with Crippen molar-refractivity contribution in [3.8, 4) is 0 Å². The quantitative estimate of drug-likeness (QED) is 0.740. The predicted molar refractivity (Wildman–Crippen MR) is 75.2 cm³/mol. The van der Waals surface area contributed by atoms with Crippen molar-refractivity contribution in [2.24, 2.45) is 0 Å². The Bertz CT molecular complexity index is 324. The van der Waals surface area contributed by atoms with Gasteiger partial charge in [0.15, 0.2) is 0 Å². The van der Waals surface area contributed by atoms with Crippen LogP contribution in [-0.2, 0) is 0 Å². The van der Waals surface area contributed by atoms with Crippen LogP contribution in [0, 0.1) is 0 Å². The first-order valence-electron chi connectivity index (χ1n) is 4.53. The summed E-state index contributed by atoms with van der Waals surface area (Å²) in [5.41, 5.74) is 0. The Hall–Kier alpha value is -0.437. The van der Waals surface area contributed by atoms with Crippen LogP contribution < -0.4 is 8.79 Å². The minimum absolute atomic E-state index is 0. The summed E-state index contributed by atoms with van der Waals surface area (Å²) < 4.78 is 3.11. The molecule has 0 aliphatic heterocycles. The van der Waals surface area contributed by atoms with Gasteiger partial charge < -0.3 is 0 Å². The topological polar surface area (TPSA) is 0 Å². The number of hydrogen-bond acceptors (Lipinski definition) is 0. The van der Waals surface area contributed by atoms with Crippen LogP contribution in [0.4, 0.5) is 0 Å². The third kappa shape index (κ3) is 4.74. The molecule has 0 saturated heterocycles. The third-order valence-electron chi connectivity index (χ3n) is 2.09. The first-order chi connectivity index (χ1) is 6.45. The van der Waals surface area contributed by atoms with E-state index in [4.69, 9.17) is 0 Å². The van der Waals surface area contributed by atoms with Crippen molar-refractivity contribution in [3.63, 3.8) is 0 Å². The molecule has 2 aromatic carbocycles. The SMILES string of the molecule is Cl.Cl.c1cc[c]([GeH2][c]2ccccc2)cc1. The first-order valence-corrected chi connectivity index (χ1v) is 7.50. The van der Waals surface area contributed by atoms with Gasteiger partial charge in [0, 0.05) is 0 Å². The van der Waals surface area contributed by atoms with E-state index in [1.807, 2.05) is 0 Å². The fraction of sp³-hybridized carbons (Fsp3) is 0. The van der Waals surface area contributed by atoms with E-state index in [-0.39, 0.29) is 24.8 Å². The van der Waals surface area contributed by atoms with Gasteiger partial charge in [0.05, 0.1) is 0 Å². The monoisotopic (exact) mass is 302 g/mol. The van der Waals surface area contributed by atoms with Crippen LogP contribution in [0.15, 0.2) is 60.7 Å². The summed E-state index contributed by atoms with van der Waals surface area (Å²) in [5.74, 6) is 0. The second kappa shape index (κ2) is 7.80. The van der Waals surface area contributed by atoms with E-state index in [1.165, 1.54) is 0 Å². The summed E-state index contributed by atoms with van der Waals surface area (Å²) in [5, 5.41) is 0. The van der Waals surface area contributed by atoms with E-state index < -0.39 is 15.4 Å². The fourth-order valence-electron chi connectivity index (χ4n) is 1.43. The Balaban J connectivity index is 0.000000980. The van der Waals surface area contributed by atoms with Crippen LogP contribution in [0.1, 0.15) is 0 Å². The number of halogens is 2. The molecule has 0 bridgehead atoms. The molecule has 0 fully saturated rings. The Kier molecular flexibility index (Phi) is 7.58. The Labute approximate surface area is 109 Å². The molecule has 0 N–H and O–H groups in total. The van der Waals surface area contributed by atoms with Gasteiger partial charge in [0.2, 0.25) is 0 Å². The molecule has 0 radical (unpaired) electrons. The van der Waals surface area contributed by atoms with Crippen LogP contribution in [0.25, 0.3) is 0 Å². The molecule has 0 saturated carbocycles. The summed E-state index contributed by atoms with van der Waals surface area (Å²) >= 11 is -0.676. The van der Waals surface area contributed by atoms with Crippen molar-refractivity contribution in [3.05, 3.63) is 60.7 Å². The second-order valence-electron chi connectivity index (χ2n) is 3.15. The molecule has 0 unspecified atom stereocenters. The van der Waals surface area contributed by atoms with Gasteiger partial charge in [-0.05, 0) is 0 Å². The summed E-state index contributed by atoms with van der Waals surface area (Å²) in [4.78, 5) is 0. The molecule has 0 heterocycles. The first kappa shape index (κ1) is 14.6. The average Bonchev–Trinajstić information content (AvgIpc) is 2.21. The molecule has 0 nitrogen and oxygen atoms in total. The summed E-state index contributed by atoms with van der Waals surface area (Å²) in [6.45, 7) is 0. The predicted octanol–water partition coefficient (Wildman–Crippen LogP) is 1.65. The summed E-state index contributed by atoms with van der Waals surface area (Å²) in [6.07, 6.45) is 0. The van der Waals surface area contributed by atoms with Gasteiger partial charge in [0.25, 0.3) is 0 Å². The van der Waals surface area contributed by atoms with Crippen molar-refractivity contribution < 1.29 is 0 Å². The Morgan fingerprint density at radius 3 is 1.20 bits per heavy atom.